The summed E-state index contributed by atoms with van der Waals surface area (Å²) < 4.78 is 11.0. The largest absolute Gasteiger partial charge is 0.484 e. The summed E-state index contributed by atoms with van der Waals surface area (Å²) in [5, 5.41) is 4.47. The molecule has 3 aromatic carbocycles. The van der Waals surface area contributed by atoms with Gasteiger partial charge in [0, 0.05) is 10.6 Å². The lowest BCUT2D eigenvalue weighted by molar-refractivity contribution is -0.123. The number of para-hydroxylation sites is 1. The van der Waals surface area contributed by atoms with Crippen LogP contribution in [0.1, 0.15) is 41.3 Å². The standard InChI is InChI=1S/C26H25ClN2O4/c1-2-3-6-19-9-15-23(16-10-19)32-18-25(30)29-28-17-21-7-4-5-8-24(21)33-26(31)20-11-13-22(27)14-12-20/h4-5,7-17H,2-3,6,18H2,1H3,(H,29,30)/b28-17-. The molecule has 170 valence electrons. The highest BCUT2D eigenvalue weighted by atomic mass is 35.5. The number of aryl methyl sites for hydroxylation is 1. The highest BCUT2D eigenvalue weighted by Crippen LogP contribution is 2.19. The van der Waals surface area contributed by atoms with Crippen molar-refractivity contribution in [3.05, 3.63) is 94.5 Å². The lowest BCUT2D eigenvalue weighted by Gasteiger charge is -2.08. The zero-order valence-corrected chi connectivity index (χ0v) is 19.0. The van der Waals surface area contributed by atoms with Crippen LogP contribution in [-0.2, 0) is 11.2 Å². The fourth-order valence-electron chi connectivity index (χ4n) is 2.91. The Balaban J connectivity index is 1.51. The Hall–Kier alpha value is -3.64. The van der Waals surface area contributed by atoms with Gasteiger partial charge in [-0.15, -0.1) is 0 Å². The summed E-state index contributed by atoms with van der Waals surface area (Å²) >= 11 is 5.85. The topological polar surface area (TPSA) is 77.0 Å². The fraction of sp³-hybridized carbons (Fsp3) is 0.192. The quantitative estimate of drug-likeness (QED) is 0.188. The van der Waals surface area contributed by atoms with E-state index in [2.05, 4.69) is 17.5 Å². The van der Waals surface area contributed by atoms with Crippen LogP contribution in [0.25, 0.3) is 0 Å². The molecule has 0 fully saturated rings. The molecule has 6 nitrogen and oxygen atoms in total. The molecule has 1 amide bonds. The molecule has 0 bridgehead atoms. The van der Waals surface area contributed by atoms with Crippen molar-refractivity contribution in [1.82, 2.24) is 5.43 Å². The normalized spacial score (nSPS) is 10.7. The Morgan fingerprint density at radius 2 is 1.73 bits per heavy atom. The molecule has 1 N–H and O–H groups in total. The monoisotopic (exact) mass is 464 g/mol. The Bertz CT molecular complexity index is 1100. The van der Waals surface area contributed by atoms with E-state index in [1.165, 1.54) is 11.8 Å². The van der Waals surface area contributed by atoms with E-state index in [9.17, 15) is 9.59 Å². The van der Waals surface area contributed by atoms with Crippen molar-refractivity contribution in [3.63, 3.8) is 0 Å². The molecule has 3 rings (SSSR count). The van der Waals surface area contributed by atoms with E-state index in [0.717, 1.165) is 19.3 Å². The summed E-state index contributed by atoms with van der Waals surface area (Å²) in [6, 6.07) is 21.0. The van der Waals surface area contributed by atoms with Crippen LogP contribution in [0.3, 0.4) is 0 Å². The van der Waals surface area contributed by atoms with Crippen LogP contribution in [0.5, 0.6) is 11.5 Å². The molecule has 0 radical (unpaired) electrons. The van der Waals surface area contributed by atoms with Gasteiger partial charge in [-0.3, -0.25) is 4.79 Å². The van der Waals surface area contributed by atoms with Gasteiger partial charge in [0.15, 0.2) is 6.61 Å². The lowest BCUT2D eigenvalue weighted by Crippen LogP contribution is -2.24. The molecule has 0 atom stereocenters. The maximum absolute atomic E-state index is 12.4. The molecule has 0 unspecified atom stereocenters. The number of nitrogens with one attached hydrogen (secondary N) is 1. The van der Waals surface area contributed by atoms with Gasteiger partial charge in [-0.2, -0.15) is 5.10 Å². The number of ether oxygens (including phenoxy) is 2. The predicted octanol–water partition coefficient (Wildman–Crippen LogP) is 5.43. The molecule has 0 aliphatic heterocycles. The van der Waals surface area contributed by atoms with Crippen LogP contribution in [0.4, 0.5) is 0 Å². The minimum Gasteiger partial charge on any atom is -0.484 e. The number of benzene rings is 3. The van der Waals surface area contributed by atoms with Crippen molar-refractivity contribution in [3.8, 4) is 11.5 Å². The zero-order chi connectivity index (χ0) is 23.5. The molecule has 0 spiro atoms. The number of halogens is 1. The van der Waals surface area contributed by atoms with Gasteiger partial charge in [-0.05, 0) is 66.9 Å². The van der Waals surface area contributed by atoms with Crippen LogP contribution in [-0.4, -0.2) is 24.7 Å². The number of hydrogen-bond donors (Lipinski definition) is 1. The second-order valence-electron chi connectivity index (χ2n) is 7.26. The molecule has 0 heterocycles. The highest BCUT2D eigenvalue weighted by Gasteiger charge is 2.11. The van der Waals surface area contributed by atoms with Gasteiger partial charge in [0.2, 0.25) is 0 Å². The number of unbranched alkanes of at least 4 members (excludes halogenated alkanes) is 1. The van der Waals surface area contributed by atoms with Crippen LogP contribution in [0.2, 0.25) is 5.02 Å². The van der Waals surface area contributed by atoms with Gasteiger partial charge >= 0.3 is 5.97 Å². The van der Waals surface area contributed by atoms with Gasteiger partial charge < -0.3 is 9.47 Å². The van der Waals surface area contributed by atoms with Crippen LogP contribution >= 0.6 is 11.6 Å². The minimum absolute atomic E-state index is 0.168. The number of rotatable bonds is 10. The van der Waals surface area contributed by atoms with Crippen molar-refractivity contribution in [2.75, 3.05) is 6.61 Å². The number of carbonyl (C=O) groups is 2. The molecule has 0 saturated carbocycles. The van der Waals surface area contributed by atoms with Crippen molar-refractivity contribution in [1.29, 1.82) is 0 Å². The maximum atomic E-state index is 12.4. The average molecular weight is 465 g/mol. The predicted molar refractivity (Wildman–Crippen MR) is 129 cm³/mol. The highest BCUT2D eigenvalue weighted by molar-refractivity contribution is 6.30. The molecule has 33 heavy (non-hydrogen) atoms. The first-order valence-electron chi connectivity index (χ1n) is 10.7. The maximum Gasteiger partial charge on any atom is 0.343 e. The summed E-state index contributed by atoms with van der Waals surface area (Å²) in [6.45, 7) is 1.99. The smallest absolute Gasteiger partial charge is 0.343 e. The third-order valence-corrected chi connectivity index (χ3v) is 4.96. The van der Waals surface area contributed by atoms with E-state index in [1.807, 2.05) is 24.3 Å². The molecule has 0 saturated heterocycles. The van der Waals surface area contributed by atoms with E-state index < -0.39 is 11.9 Å². The fourth-order valence-corrected chi connectivity index (χ4v) is 3.04. The van der Waals surface area contributed by atoms with E-state index in [0.29, 0.717) is 27.6 Å². The van der Waals surface area contributed by atoms with E-state index in [4.69, 9.17) is 21.1 Å². The van der Waals surface area contributed by atoms with E-state index in [-0.39, 0.29) is 6.61 Å². The summed E-state index contributed by atoms with van der Waals surface area (Å²) in [7, 11) is 0. The SMILES string of the molecule is CCCCc1ccc(OCC(=O)N/N=C\c2ccccc2OC(=O)c2ccc(Cl)cc2)cc1. The number of esters is 1. The van der Waals surface area contributed by atoms with Crippen LogP contribution < -0.4 is 14.9 Å². The molecule has 0 aliphatic carbocycles. The summed E-state index contributed by atoms with van der Waals surface area (Å²) in [6.07, 6.45) is 4.73. The first kappa shape index (κ1) is 24.0. The molecular weight excluding hydrogens is 440 g/mol. The third-order valence-electron chi connectivity index (χ3n) is 4.71. The average Bonchev–Trinajstić information content (AvgIpc) is 2.83. The molecule has 3 aromatic rings. The number of amides is 1. The van der Waals surface area contributed by atoms with Gasteiger partial charge in [0.1, 0.15) is 11.5 Å². The second kappa shape index (κ2) is 12.4. The number of hydrazone groups is 1. The zero-order valence-electron chi connectivity index (χ0n) is 18.3. The molecular formula is C26H25ClN2O4. The Morgan fingerprint density at radius 1 is 1.00 bits per heavy atom. The van der Waals surface area contributed by atoms with E-state index in [1.54, 1.807) is 48.5 Å². The minimum atomic E-state index is -0.523. The summed E-state index contributed by atoms with van der Waals surface area (Å²) in [5.41, 5.74) is 4.56. The number of nitrogens with zero attached hydrogens (tertiary/aromatic N) is 1. The van der Waals surface area contributed by atoms with Gasteiger partial charge in [-0.25, -0.2) is 10.2 Å². The van der Waals surface area contributed by atoms with Crippen molar-refractivity contribution < 1.29 is 19.1 Å². The van der Waals surface area contributed by atoms with Crippen LogP contribution in [0.15, 0.2) is 77.9 Å². The van der Waals surface area contributed by atoms with E-state index >= 15 is 0 Å². The van der Waals surface area contributed by atoms with Crippen molar-refractivity contribution in [2.24, 2.45) is 5.10 Å². The van der Waals surface area contributed by atoms with Gasteiger partial charge in [0.05, 0.1) is 11.8 Å². The van der Waals surface area contributed by atoms with Gasteiger partial charge in [-0.1, -0.05) is 49.2 Å². The number of hydrogen-bond acceptors (Lipinski definition) is 5. The van der Waals surface area contributed by atoms with Crippen molar-refractivity contribution in [2.45, 2.75) is 26.2 Å². The molecule has 0 aromatic heterocycles. The Morgan fingerprint density at radius 3 is 2.45 bits per heavy atom. The Kier molecular flexibility index (Phi) is 9.03. The Labute approximate surface area is 198 Å². The van der Waals surface area contributed by atoms with Gasteiger partial charge in [0.25, 0.3) is 5.91 Å². The summed E-state index contributed by atoms with van der Waals surface area (Å²) in [4.78, 5) is 24.4. The number of carbonyl (C=O) groups excluding carboxylic acids is 2. The molecule has 7 heteroatoms. The first-order valence-corrected chi connectivity index (χ1v) is 11.0. The first-order chi connectivity index (χ1) is 16.0. The van der Waals surface area contributed by atoms with Crippen molar-refractivity contribution >= 4 is 29.7 Å². The van der Waals surface area contributed by atoms with Crippen LogP contribution in [0, 0.1) is 0 Å². The summed E-state index contributed by atoms with van der Waals surface area (Å²) in [5.74, 6) is 0.00584. The molecule has 0 aliphatic rings. The lowest BCUT2D eigenvalue weighted by atomic mass is 10.1. The second-order valence-corrected chi connectivity index (χ2v) is 7.70. The third kappa shape index (κ3) is 7.77.